The van der Waals surface area contributed by atoms with Crippen molar-refractivity contribution in [3.05, 3.63) is 11.6 Å². The van der Waals surface area contributed by atoms with Crippen molar-refractivity contribution in [2.24, 2.45) is 11.8 Å². The van der Waals surface area contributed by atoms with Gasteiger partial charge in [-0.1, -0.05) is 37.8 Å². The lowest BCUT2D eigenvalue weighted by molar-refractivity contribution is -0.125. The Bertz CT molecular complexity index is 290. The summed E-state index contributed by atoms with van der Waals surface area (Å²) in [5.74, 6) is 1.61. The Morgan fingerprint density at radius 3 is 2.76 bits per heavy atom. The highest BCUT2D eigenvalue weighted by Crippen LogP contribution is 2.34. The molecule has 17 heavy (non-hydrogen) atoms. The van der Waals surface area contributed by atoms with E-state index < -0.39 is 0 Å². The molecule has 0 aromatic carbocycles. The number of hydrogen-bond donors (Lipinski definition) is 0. The Hall–Kier alpha value is -0.590. The van der Waals surface area contributed by atoms with E-state index in [1.807, 2.05) is 0 Å². The average molecular weight is 234 g/mol. The van der Waals surface area contributed by atoms with Gasteiger partial charge in [-0.15, -0.1) is 0 Å². The van der Waals surface area contributed by atoms with Gasteiger partial charge < -0.3 is 0 Å². The van der Waals surface area contributed by atoms with Gasteiger partial charge in [-0.3, -0.25) is 4.79 Å². The van der Waals surface area contributed by atoms with Crippen LogP contribution >= 0.6 is 0 Å². The van der Waals surface area contributed by atoms with Gasteiger partial charge in [0.15, 0.2) is 0 Å². The maximum atomic E-state index is 12.4. The predicted octanol–water partition coefficient (Wildman–Crippen LogP) is 4.66. The quantitative estimate of drug-likeness (QED) is 0.646. The van der Waals surface area contributed by atoms with E-state index in [0.717, 1.165) is 12.8 Å². The molecule has 0 bridgehead atoms. The van der Waals surface area contributed by atoms with Gasteiger partial charge in [0.05, 0.1) is 0 Å². The molecule has 0 aromatic heterocycles. The van der Waals surface area contributed by atoms with Crippen molar-refractivity contribution in [3.63, 3.8) is 0 Å². The van der Waals surface area contributed by atoms with Crippen molar-refractivity contribution in [1.82, 2.24) is 0 Å². The number of rotatable bonds is 4. The highest BCUT2D eigenvalue weighted by molar-refractivity contribution is 5.83. The second kappa shape index (κ2) is 6.37. The van der Waals surface area contributed by atoms with Gasteiger partial charge in [-0.25, -0.2) is 0 Å². The van der Waals surface area contributed by atoms with Crippen molar-refractivity contribution in [2.75, 3.05) is 0 Å². The second-order valence-electron chi connectivity index (χ2n) is 5.81. The number of allylic oxidation sites excluding steroid dienone is 2. The van der Waals surface area contributed by atoms with Gasteiger partial charge in [0.25, 0.3) is 0 Å². The third-order valence-electron chi connectivity index (χ3n) is 4.63. The van der Waals surface area contributed by atoms with Crippen LogP contribution in [0.3, 0.4) is 0 Å². The van der Waals surface area contributed by atoms with Crippen LogP contribution in [0.4, 0.5) is 0 Å². The van der Waals surface area contributed by atoms with Crippen LogP contribution in [-0.4, -0.2) is 5.78 Å². The molecule has 2 unspecified atom stereocenters. The SMILES string of the molecule is CCC1CCCCC1C(=O)CC1=CCCCC1. The molecular weight excluding hydrogens is 208 g/mol. The van der Waals surface area contributed by atoms with E-state index in [2.05, 4.69) is 13.0 Å². The van der Waals surface area contributed by atoms with Crippen LogP contribution in [-0.2, 0) is 4.79 Å². The summed E-state index contributed by atoms with van der Waals surface area (Å²) in [5, 5.41) is 0. The summed E-state index contributed by atoms with van der Waals surface area (Å²) < 4.78 is 0. The molecule has 96 valence electrons. The number of Topliss-reactive ketones (excluding diaryl/α,β-unsaturated/α-hetero) is 1. The van der Waals surface area contributed by atoms with Crippen LogP contribution in [0.5, 0.6) is 0 Å². The smallest absolute Gasteiger partial charge is 0.140 e. The van der Waals surface area contributed by atoms with E-state index in [1.54, 1.807) is 0 Å². The first kappa shape index (κ1) is 12.9. The van der Waals surface area contributed by atoms with Gasteiger partial charge in [-0.2, -0.15) is 0 Å². The van der Waals surface area contributed by atoms with Gasteiger partial charge in [0.1, 0.15) is 5.78 Å². The lowest BCUT2D eigenvalue weighted by Crippen LogP contribution is -2.27. The molecule has 0 saturated heterocycles. The van der Waals surface area contributed by atoms with Crippen molar-refractivity contribution < 1.29 is 4.79 Å². The molecule has 2 rings (SSSR count). The molecule has 2 aliphatic rings. The molecule has 1 fully saturated rings. The van der Waals surface area contributed by atoms with Crippen LogP contribution < -0.4 is 0 Å². The van der Waals surface area contributed by atoms with E-state index in [1.165, 1.54) is 56.9 Å². The third-order valence-corrected chi connectivity index (χ3v) is 4.63. The summed E-state index contributed by atoms with van der Waals surface area (Å²) in [5.41, 5.74) is 1.43. The fourth-order valence-electron chi connectivity index (χ4n) is 3.54. The fourth-order valence-corrected chi connectivity index (χ4v) is 3.54. The summed E-state index contributed by atoms with van der Waals surface area (Å²) in [4.78, 5) is 12.4. The van der Waals surface area contributed by atoms with Crippen LogP contribution in [0.15, 0.2) is 11.6 Å². The first-order valence-electron chi connectivity index (χ1n) is 7.52. The van der Waals surface area contributed by atoms with Crippen LogP contribution in [0.1, 0.15) is 71.1 Å². The minimum absolute atomic E-state index is 0.386. The Kier molecular flexibility index (Phi) is 4.82. The summed E-state index contributed by atoms with van der Waals surface area (Å²) in [6.45, 7) is 2.25. The molecule has 0 aromatic rings. The third kappa shape index (κ3) is 3.43. The zero-order chi connectivity index (χ0) is 12.1. The van der Waals surface area contributed by atoms with E-state index in [4.69, 9.17) is 0 Å². The molecule has 1 saturated carbocycles. The second-order valence-corrected chi connectivity index (χ2v) is 5.81. The van der Waals surface area contributed by atoms with Gasteiger partial charge in [0, 0.05) is 12.3 Å². The standard InChI is InChI=1S/C16H26O/c1-2-14-10-6-7-11-15(14)16(17)12-13-8-4-3-5-9-13/h8,14-15H,2-7,9-12H2,1H3. The maximum Gasteiger partial charge on any atom is 0.140 e. The van der Waals surface area contributed by atoms with Crippen molar-refractivity contribution in [2.45, 2.75) is 71.1 Å². The highest BCUT2D eigenvalue weighted by atomic mass is 16.1. The topological polar surface area (TPSA) is 17.1 Å². The largest absolute Gasteiger partial charge is 0.299 e. The predicted molar refractivity (Wildman–Crippen MR) is 71.9 cm³/mol. The molecule has 1 heteroatoms. The molecule has 2 atom stereocenters. The number of carbonyl (C=O) groups is 1. The van der Waals surface area contributed by atoms with Crippen molar-refractivity contribution in [1.29, 1.82) is 0 Å². The van der Waals surface area contributed by atoms with Crippen molar-refractivity contribution in [3.8, 4) is 0 Å². The molecule has 0 heterocycles. The van der Waals surface area contributed by atoms with E-state index in [0.29, 0.717) is 17.6 Å². The van der Waals surface area contributed by atoms with E-state index in [-0.39, 0.29) is 0 Å². The molecule has 1 nitrogen and oxygen atoms in total. The van der Waals surface area contributed by atoms with Gasteiger partial charge in [0.2, 0.25) is 0 Å². The first-order valence-corrected chi connectivity index (χ1v) is 7.52. The summed E-state index contributed by atoms with van der Waals surface area (Å²) in [6, 6.07) is 0. The van der Waals surface area contributed by atoms with Crippen LogP contribution in [0, 0.1) is 11.8 Å². The lowest BCUT2D eigenvalue weighted by Gasteiger charge is -2.30. The minimum atomic E-state index is 0.386. The molecule has 0 spiro atoms. The first-order chi connectivity index (χ1) is 8.31. The summed E-state index contributed by atoms with van der Waals surface area (Å²) in [6.07, 6.45) is 14.3. The Morgan fingerprint density at radius 1 is 1.24 bits per heavy atom. The normalized spacial score (nSPS) is 29.8. The van der Waals surface area contributed by atoms with Gasteiger partial charge in [-0.05, 0) is 44.4 Å². The lowest BCUT2D eigenvalue weighted by atomic mass is 9.74. The van der Waals surface area contributed by atoms with Gasteiger partial charge >= 0.3 is 0 Å². The molecular formula is C16H26O. The van der Waals surface area contributed by atoms with Crippen LogP contribution in [0.2, 0.25) is 0 Å². The Labute approximate surface area is 106 Å². The number of hydrogen-bond acceptors (Lipinski definition) is 1. The minimum Gasteiger partial charge on any atom is -0.299 e. The average Bonchev–Trinajstić information content (AvgIpc) is 2.40. The zero-order valence-electron chi connectivity index (χ0n) is 11.2. The monoisotopic (exact) mass is 234 g/mol. The van der Waals surface area contributed by atoms with E-state index in [9.17, 15) is 4.79 Å². The summed E-state index contributed by atoms with van der Waals surface area (Å²) in [7, 11) is 0. The Balaban J connectivity index is 1.91. The number of ketones is 1. The van der Waals surface area contributed by atoms with E-state index >= 15 is 0 Å². The Morgan fingerprint density at radius 2 is 2.06 bits per heavy atom. The fraction of sp³-hybridized carbons (Fsp3) is 0.812. The van der Waals surface area contributed by atoms with Crippen LogP contribution in [0.25, 0.3) is 0 Å². The maximum absolute atomic E-state index is 12.4. The molecule has 0 aliphatic heterocycles. The zero-order valence-corrected chi connectivity index (χ0v) is 11.2. The molecule has 2 aliphatic carbocycles. The molecule has 0 N–H and O–H groups in total. The van der Waals surface area contributed by atoms with Crippen molar-refractivity contribution >= 4 is 5.78 Å². The summed E-state index contributed by atoms with van der Waals surface area (Å²) >= 11 is 0. The number of carbonyl (C=O) groups excluding carboxylic acids is 1. The molecule has 0 amide bonds. The molecule has 0 radical (unpaired) electrons. The highest BCUT2D eigenvalue weighted by Gasteiger charge is 2.29.